The van der Waals surface area contributed by atoms with Crippen molar-refractivity contribution in [3.8, 4) is 0 Å². The van der Waals surface area contributed by atoms with Crippen LogP contribution in [-0.2, 0) is 33.3 Å². The van der Waals surface area contributed by atoms with E-state index in [-0.39, 0.29) is 41.4 Å². The van der Waals surface area contributed by atoms with Crippen molar-refractivity contribution in [1.82, 2.24) is 0 Å². The van der Waals surface area contributed by atoms with E-state index in [1.165, 1.54) is 113 Å². The Labute approximate surface area is 312 Å². The summed E-state index contributed by atoms with van der Waals surface area (Å²) in [5, 5.41) is 0.183. The Morgan fingerprint density at radius 3 is 1.82 bits per heavy atom. The molecule has 0 rings (SSSR count). The van der Waals surface area contributed by atoms with Gasteiger partial charge in [-0.1, -0.05) is 122 Å². The zero-order valence-electron chi connectivity index (χ0n) is 31.4. The number of carbonyl (C=O) groups is 3. The number of thioether (sulfide) groups is 3. The zero-order valence-corrected chi connectivity index (χ0v) is 33.9. The van der Waals surface area contributed by atoms with Gasteiger partial charge in [0.25, 0.3) is 0 Å². The molecule has 0 radical (unpaired) electrons. The summed E-state index contributed by atoms with van der Waals surface area (Å²) in [5.74, 6) is 0.666. The molecule has 4 N–H and O–H groups in total. The van der Waals surface area contributed by atoms with Crippen LogP contribution in [0.3, 0.4) is 0 Å². The highest BCUT2D eigenvalue weighted by atomic mass is 32.2. The molecule has 4 atom stereocenters. The molecule has 0 saturated heterocycles. The number of esters is 2. The predicted octanol–water partition coefficient (Wildman–Crippen LogP) is 8.63. The average molecular weight is 753 g/mol. The van der Waals surface area contributed by atoms with E-state index < -0.39 is 18.2 Å². The smallest absolute Gasteiger partial charge is 0.323 e. The highest BCUT2D eigenvalue weighted by Gasteiger charge is 2.23. The second-order valence-electron chi connectivity index (χ2n) is 12.7. The molecule has 4 unspecified atom stereocenters. The van der Waals surface area contributed by atoms with Crippen LogP contribution in [0, 0.1) is 0 Å². The van der Waals surface area contributed by atoms with Gasteiger partial charge in [0.05, 0.1) is 19.6 Å². The van der Waals surface area contributed by atoms with Crippen LogP contribution in [-0.4, -0.2) is 83.7 Å². The summed E-state index contributed by atoms with van der Waals surface area (Å²) < 4.78 is 21.1. The lowest BCUT2D eigenvalue weighted by molar-refractivity contribution is -0.144. The lowest BCUT2D eigenvalue weighted by Gasteiger charge is -2.22. The SMILES string of the molecule is CCCCCCCCCCCCCCCCCCOC(=O)CCSC(=O)CC(CC(C)SCC(N)OCOCC)SCC(N)C(=O)OCC. The average Bonchev–Trinajstić information content (AvgIpc) is 3.07. The minimum absolute atomic E-state index is 0.0155. The third-order valence-electron chi connectivity index (χ3n) is 8.03. The summed E-state index contributed by atoms with van der Waals surface area (Å²) >= 11 is 4.35. The third kappa shape index (κ3) is 33.1. The number of nitrogens with two attached hydrogens (primary N) is 2. The molecule has 12 heteroatoms. The molecule has 0 aromatic rings. The minimum atomic E-state index is -0.748. The molecule has 0 aliphatic heterocycles. The number of carbonyl (C=O) groups excluding carboxylic acids is 3. The topological polar surface area (TPSA) is 140 Å². The first-order valence-corrected chi connectivity index (χ1v) is 22.2. The summed E-state index contributed by atoms with van der Waals surface area (Å²) in [6.07, 6.45) is 21.8. The highest BCUT2D eigenvalue weighted by Crippen LogP contribution is 2.28. The molecule has 9 nitrogen and oxygen atoms in total. The summed E-state index contributed by atoms with van der Waals surface area (Å²) in [7, 11) is 0. The van der Waals surface area contributed by atoms with Crippen molar-refractivity contribution in [2.75, 3.05) is 43.9 Å². The largest absolute Gasteiger partial charge is 0.466 e. The van der Waals surface area contributed by atoms with Gasteiger partial charge < -0.3 is 30.4 Å². The number of hydrogen-bond donors (Lipinski definition) is 2. The van der Waals surface area contributed by atoms with Gasteiger partial charge in [-0.15, -0.1) is 0 Å². The maximum atomic E-state index is 12.9. The van der Waals surface area contributed by atoms with Gasteiger partial charge in [0.2, 0.25) is 0 Å². The lowest BCUT2D eigenvalue weighted by Crippen LogP contribution is -2.35. The van der Waals surface area contributed by atoms with Gasteiger partial charge in [-0.25, -0.2) is 0 Å². The minimum Gasteiger partial charge on any atom is -0.466 e. The molecule has 290 valence electrons. The van der Waals surface area contributed by atoms with Crippen LogP contribution in [0.5, 0.6) is 0 Å². The molecular weight excluding hydrogens is 681 g/mol. The van der Waals surface area contributed by atoms with E-state index in [0.29, 0.717) is 36.9 Å². The molecular formula is C37H72N2O7S3. The first-order valence-electron chi connectivity index (χ1n) is 19.1. The predicted molar refractivity (Wildman–Crippen MR) is 210 cm³/mol. The molecule has 0 aromatic heterocycles. The van der Waals surface area contributed by atoms with Gasteiger partial charge in [0.15, 0.2) is 5.12 Å². The quantitative estimate of drug-likeness (QED) is 0.0360. The van der Waals surface area contributed by atoms with E-state index in [9.17, 15) is 14.4 Å². The van der Waals surface area contributed by atoms with Crippen LogP contribution < -0.4 is 11.5 Å². The Balaban J connectivity index is 4.14. The Bertz CT molecular complexity index is 797. The van der Waals surface area contributed by atoms with Crippen LogP contribution in [0.25, 0.3) is 0 Å². The molecule has 0 amide bonds. The van der Waals surface area contributed by atoms with E-state index in [0.717, 1.165) is 19.3 Å². The Hall–Kier alpha value is -0.500. The van der Waals surface area contributed by atoms with Crippen LogP contribution in [0.2, 0.25) is 0 Å². The monoisotopic (exact) mass is 752 g/mol. The second kappa shape index (κ2) is 35.9. The van der Waals surface area contributed by atoms with Crippen LogP contribution >= 0.6 is 35.3 Å². The van der Waals surface area contributed by atoms with Gasteiger partial charge in [0.1, 0.15) is 19.1 Å². The molecule has 0 heterocycles. The lowest BCUT2D eigenvalue weighted by atomic mass is 10.0. The number of hydrogen-bond acceptors (Lipinski definition) is 12. The van der Waals surface area contributed by atoms with Crippen molar-refractivity contribution in [2.45, 2.75) is 172 Å². The third-order valence-corrected chi connectivity index (χ3v) is 11.6. The van der Waals surface area contributed by atoms with Crippen molar-refractivity contribution in [3.63, 3.8) is 0 Å². The first-order chi connectivity index (χ1) is 23.7. The summed E-state index contributed by atoms with van der Waals surface area (Å²) in [4.78, 5) is 37.1. The summed E-state index contributed by atoms with van der Waals surface area (Å²) in [5.41, 5.74) is 12.0. The van der Waals surface area contributed by atoms with E-state index >= 15 is 0 Å². The molecule has 0 saturated carbocycles. The Morgan fingerprint density at radius 1 is 0.694 bits per heavy atom. The maximum Gasteiger partial charge on any atom is 0.323 e. The fraction of sp³-hybridized carbons (Fsp3) is 0.919. The standard InChI is InChI=1S/C37H72N2O7S3/c1-5-8-9-10-11-12-13-14-15-16-17-18-19-20-21-22-24-45-35(40)23-25-47-36(41)27-32(49-28-33(38)37(42)44-7-3)26-31(4)48-29-34(39)46-30-43-6-2/h31-34H,5-30,38-39H2,1-4H3. The fourth-order valence-corrected chi connectivity index (χ4v) is 8.47. The van der Waals surface area contributed by atoms with E-state index in [1.54, 1.807) is 18.7 Å². The Kier molecular flexibility index (Phi) is 35.5. The van der Waals surface area contributed by atoms with E-state index in [4.69, 9.17) is 30.4 Å². The summed E-state index contributed by atoms with van der Waals surface area (Å²) in [6, 6.07) is -0.748. The van der Waals surface area contributed by atoms with Crippen molar-refractivity contribution in [2.24, 2.45) is 11.5 Å². The van der Waals surface area contributed by atoms with Crippen molar-refractivity contribution >= 4 is 52.3 Å². The fourth-order valence-electron chi connectivity index (χ4n) is 5.13. The van der Waals surface area contributed by atoms with Crippen molar-refractivity contribution < 1.29 is 33.3 Å². The number of rotatable bonds is 36. The zero-order chi connectivity index (χ0) is 36.4. The van der Waals surface area contributed by atoms with Gasteiger partial charge in [0, 0.05) is 40.8 Å². The first kappa shape index (κ1) is 48.5. The van der Waals surface area contributed by atoms with Crippen molar-refractivity contribution in [1.29, 1.82) is 0 Å². The maximum absolute atomic E-state index is 12.9. The van der Waals surface area contributed by atoms with Gasteiger partial charge >= 0.3 is 11.9 Å². The van der Waals surface area contributed by atoms with Crippen LogP contribution in [0.1, 0.15) is 150 Å². The van der Waals surface area contributed by atoms with Gasteiger partial charge in [-0.2, -0.15) is 23.5 Å². The van der Waals surface area contributed by atoms with Crippen molar-refractivity contribution in [3.05, 3.63) is 0 Å². The molecule has 0 fully saturated rings. The Morgan fingerprint density at radius 2 is 1.27 bits per heavy atom. The molecule has 0 bridgehead atoms. The van der Waals surface area contributed by atoms with E-state index in [2.05, 4.69) is 13.8 Å². The normalized spacial score (nSPS) is 13.9. The van der Waals surface area contributed by atoms with Crippen LogP contribution in [0.4, 0.5) is 0 Å². The molecule has 0 spiro atoms. The highest BCUT2D eigenvalue weighted by molar-refractivity contribution is 8.13. The molecule has 0 aromatic carbocycles. The second-order valence-corrected chi connectivity index (χ2v) is 16.7. The van der Waals surface area contributed by atoms with Gasteiger partial charge in [-0.3, -0.25) is 14.4 Å². The molecule has 49 heavy (non-hydrogen) atoms. The molecule has 0 aliphatic rings. The number of ether oxygens (including phenoxy) is 4. The van der Waals surface area contributed by atoms with Crippen LogP contribution in [0.15, 0.2) is 0 Å². The summed E-state index contributed by atoms with van der Waals surface area (Å²) in [6.45, 7) is 9.45. The number of unbranched alkanes of at least 4 members (excludes halogenated alkanes) is 15. The molecule has 0 aliphatic carbocycles. The van der Waals surface area contributed by atoms with Gasteiger partial charge in [-0.05, 0) is 26.7 Å². The van der Waals surface area contributed by atoms with E-state index in [1.807, 2.05) is 6.92 Å².